The zero-order valence-electron chi connectivity index (χ0n) is 18.2. The van der Waals surface area contributed by atoms with E-state index in [4.69, 9.17) is 0 Å². The van der Waals surface area contributed by atoms with Crippen molar-refractivity contribution >= 4 is 20.9 Å². The van der Waals surface area contributed by atoms with Gasteiger partial charge >= 0.3 is 12.8 Å². The molecular weight excluding hydrogens is 495 g/mol. The van der Waals surface area contributed by atoms with Crippen LogP contribution in [-0.2, 0) is 10.0 Å². The molecule has 1 N–H and O–H groups in total. The van der Waals surface area contributed by atoms with Gasteiger partial charge in [0.25, 0.3) is 0 Å². The summed E-state index contributed by atoms with van der Waals surface area (Å²) in [7, 11) is -4.51. The number of halogens is 5. The van der Waals surface area contributed by atoms with Gasteiger partial charge in [0.2, 0.25) is 10.0 Å². The number of alkyl halides is 5. The molecule has 4 rings (SSSR count). The number of fused-ring (bicyclic) bond motifs is 1. The summed E-state index contributed by atoms with van der Waals surface area (Å²) in [5.41, 5.74) is 1.27. The van der Waals surface area contributed by atoms with Gasteiger partial charge in [-0.1, -0.05) is 0 Å². The molecule has 0 spiro atoms. The summed E-state index contributed by atoms with van der Waals surface area (Å²) in [5.74, 6) is -0.0825. The summed E-state index contributed by atoms with van der Waals surface area (Å²) in [6.07, 6.45) is -1.39. The first-order valence-electron chi connectivity index (χ1n) is 10.5. The lowest BCUT2D eigenvalue weighted by molar-refractivity contribution is -0.147. The van der Waals surface area contributed by atoms with Crippen LogP contribution in [0.1, 0.15) is 37.8 Å². The average Bonchev–Trinajstić information content (AvgIpc) is 3.04. The Labute approximate surface area is 197 Å². The second-order valence-corrected chi connectivity index (χ2v) is 9.83. The molecule has 0 amide bonds. The summed E-state index contributed by atoms with van der Waals surface area (Å²) in [6.45, 7) is -2.35. The fourth-order valence-electron chi connectivity index (χ4n) is 3.90. The number of hydrogen-bond donors (Lipinski definition) is 1. The van der Waals surface area contributed by atoms with Gasteiger partial charge in [-0.05, 0) is 50.5 Å². The molecule has 13 heteroatoms. The summed E-state index contributed by atoms with van der Waals surface area (Å²) >= 11 is 0. The van der Waals surface area contributed by atoms with Crippen molar-refractivity contribution in [3.8, 4) is 23.2 Å². The van der Waals surface area contributed by atoms with Gasteiger partial charge < -0.3 is 9.30 Å². The predicted octanol–water partition coefficient (Wildman–Crippen LogP) is 5.13. The zero-order valence-corrected chi connectivity index (χ0v) is 19.0. The molecule has 0 radical (unpaired) electrons. The highest BCUT2D eigenvalue weighted by atomic mass is 32.2. The number of hydrogen-bond acceptors (Lipinski definition) is 5. The lowest BCUT2D eigenvalue weighted by Crippen LogP contribution is -2.42. The second-order valence-electron chi connectivity index (χ2n) is 8.11. The van der Waals surface area contributed by atoms with Crippen molar-refractivity contribution in [1.29, 1.82) is 5.26 Å². The number of benzene rings is 1. The van der Waals surface area contributed by atoms with E-state index in [-0.39, 0.29) is 23.0 Å². The van der Waals surface area contributed by atoms with Crippen LogP contribution in [0, 0.1) is 11.3 Å². The molecule has 3 aromatic rings. The van der Waals surface area contributed by atoms with E-state index in [0.717, 1.165) is 31.5 Å². The van der Waals surface area contributed by atoms with Crippen molar-refractivity contribution in [3.05, 3.63) is 42.1 Å². The smallest absolute Gasteiger partial charge is 0.404 e. The first-order valence-corrected chi connectivity index (χ1v) is 12.0. The Kier molecular flexibility index (Phi) is 6.46. The van der Waals surface area contributed by atoms with Crippen molar-refractivity contribution in [2.24, 2.45) is 0 Å². The third kappa shape index (κ3) is 4.81. The molecule has 0 saturated heterocycles. The van der Waals surface area contributed by atoms with Crippen molar-refractivity contribution in [2.45, 2.75) is 56.0 Å². The summed E-state index contributed by atoms with van der Waals surface area (Å²) in [4.78, 5) is 3.66. The molecule has 186 valence electrons. The summed E-state index contributed by atoms with van der Waals surface area (Å²) in [6, 6.07) is 6.37. The highest BCUT2D eigenvalue weighted by Gasteiger charge is 2.39. The number of sulfonamides is 1. The molecule has 7 nitrogen and oxygen atoms in total. The molecule has 1 atom stereocenters. The molecule has 2 aromatic heterocycles. The lowest BCUT2D eigenvalue weighted by Gasteiger charge is -2.30. The normalized spacial score (nSPS) is 15.7. The second kappa shape index (κ2) is 9.09. The van der Waals surface area contributed by atoms with Gasteiger partial charge in [0.15, 0.2) is 0 Å². The monoisotopic (exact) mass is 514 g/mol. The number of rotatable bonds is 7. The molecule has 0 bridgehead atoms. The third-order valence-electron chi connectivity index (χ3n) is 5.86. The first-order chi connectivity index (χ1) is 16.4. The number of pyridine rings is 1. The molecule has 1 aliphatic carbocycles. The molecule has 1 saturated carbocycles. The van der Waals surface area contributed by atoms with Gasteiger partial charge in [-0.15, -0.1) is 0 Å². The van der Waals surface area contributed by atoms with Crippen molar-refractivity contribution < 1.29 is 35.1 Å². The Hall–Kier alpha value is -3.24. The Morgan fingerprint density at radius 3 is 2.46 bits per heavy atom. The highest BCUT2D eigenvalue weighted by molar-refractivity contribution is 7.89. The lowest BCUT2D eigenvalue weighted by atomic mass is 9.92. The molecule has 0 unspecified atom stereocenters. The topological polar surface area (TPSA) is 97.0 Å². The van der Waals surface area contributed by atoms with E-state index in [1.165, 1.54) is 24.3 Å². The van der Waals surface area contributed by atoms with Crippen LogP contribution < -0.4 is 9.46 Å². The summed E-state index contributed by atoms with van der Waals surface area (Å²) < 4.78 is 96.5. The Morgan fingerprint density at radius 1 is 1.23 bits per heavy atom. The first kappa shape index (κ1) is 24.9. The quantitative estimate of drug-likeness (QED) is 0.441. The van der Waals surface area contributed by atoms with E-state index < -0.39 is 33.7 Å². The molecule has 1 aliphatic rings. The number of nitrogens with zero attached hydrogens (tertiary/aromatic N) is 3. The number of nitrogens with one attached hydrogen (secondary N) is 1. The fraction of sp³-hybridized carbons (Fsp3) is 0.364. The minimum atomic E-state index is -4.77. The number of aromatic nitrogens is 2. The molecule has 1 aromatic carbocycles. The van der Waals surface area contributed by atoms with Crippen LogP contribution in [-0.4, -0.2) is 36.8 Å². The Bertz CT molecular complexity index is 1390. The van der Waals surface area contributed by atoms with E-state index in [1.54, 1.807) is 9.29 Å². The molecule has 0 aliphatic heterocycles. The van der Waals surface area contributed by atoms with Gasteiger partial charge in [-0.25, -0.2) is 8.42 Å². The van der Waals surface area contributed by atoms with Gasteiger partial charge in [-0.3, -0.25) is 4.98 Å². The maximum Gasteiger partial charge on any atom is 0.404 e. The van der Waals surface area contributed by atoms with Gasteiger partial charge in [-0.2, -0.15) is 31.9 Å². The predicted molar refractivity (Wildman–Crippen MR) is 115 cm³/mol. The van der Waals surface area contributed by atoms with Crippen molar-refractivity contribution in [2.75, 3.05) is 0 Å². The zero-order chi connectivity index (χ0) is 25.5. The largest absolute Gasteiger partial charge is 0.435 e. The van der Waals surface area contributed by atoms with Gasteiger partial charge in [0, 0.05) is 23.7 Å². The van der Waals surface area contributed by atoms with E-state index in [2.05, 4.69) is 15.8 Å². The van der Waals surface area contributed by atoms with Gasteiger partial charge in [0.05, 0.1) is 22.5 Å². The number of ether oxygens (including phenoxy) is 1. The maximum absolute atomic E-state index is 12.8. The number of nitriles is 1. The molecular formula is C22H19F5N4O3S. The van der Waals surface area contributed by atoms with Crippen LogP contribution in [0.4, 0.5) is 22.0 Å². The summed E-state index contributed by atoms with van der Waals surface area (Å²) in [5, 5.41) is 10.4. The standard InChI is InChI=1S/C22H19F5N4O3S/c1-12(22(25,26)27)30-35(32,33)15-6-8-18(29-11-15)20-17(10-28)16-7-5-14(34-21(23)24)9-19(16)31(20)13-3-2-4-13/h5-9,11-13,21,30H,2-4H2,1H3/t12-/m1/s1. The minimum Gasteiger partial charge on any atom is -0.435 e. The van der Waals surface area contributed by atoms with Crippen LogP contribution in [0.3, 0.4) is 0 Å². The van der Waals surface area contributed by atoms with Gasteiger partial charge in [0.1, 0.15) is 22.8 Å². The maximum atomic E-state index is 12.8. The molecule has 35 heavy (non-hydrogen) atoms. The Balaban J connectivity index is 1.80. The SMILES string of the molecule is C[C@@H](NS(=O)(=O)c1ccc(-c2c(C#N)c3ccc(OC(F)F)cc3n2C2CCC2)nc1)C(F)(F)F. The van der Waals surface area contributed by atoms with E-state index in [0.29, 0.717) is 23.5 Å². The average molecular weight is 514 g/mol. The van der Waals surface area contributed by atoms with E-state index in [9.17, 15) is 35.6 Å². The van der Waals surface area contributed by atoms with Crippen molar-refractivity contribution in [3.63, 3.8) is 0 Å². The van der Waals surface area contributed by atoms with Crippen LogP contribution in [0.25, 0.3) is 22.3 Å². The van der Waals surface area contributed by atoms with Crippen LogP contribution in [0.15, 0.2) is 41.4 Å². The van der Waals surface area contributed by atoms with Crippen LogP contribution >= 0.6 is 0 Å². The minimum absolute atomic E-state index is 0.0455. The van der Waals surface area contributed by atoms with E-state index >= 15 is 0 Å². The molecule has 2 heterocycles. The fourth-order valence-corrected chi connectivity index (χ4v) is 5.08. The van der Waals surface area contributed by atoms with Crippen LogP contribution in [0.2, 0.25) is 0 Å². The van der Waals surface area contributed by atoms with Crippen molar-refractivity contribution in [1.82, 2.24) is 14.3 Å². The third-order valence-corrected chi connectivity index (χ3v) is 7.39. The van der Waals surface area contributed by atoms with Crippen LogP contribution in [0.5, 0.6) is 5.75 Å². The highest BCUT2D eigenvalue weighted by Crippen LogP contribution is 2.43. The molecule has 1 fully saturated rings. The Morgan fingerprint density at radius 2 is 1.94 bits per heavy atom. The van der Waals surface area contributed by atoms with E-state index in [1.807, 2.05) is 0 Å².